The fraction of sp³-hybridized carbons (Fsp3) is 0.462. The summed E-state index contributed by atoms with van der Waals surface area (Å²) in [6.45, 7) is 4.33. The molecule has 0 saturated carbocycles. The quantitative estimate of drug-likeness (QED) is 0.851. The van der Waals surface area contributed by atoms with Crippen LogP contribution in [0.5, 0.6) is 0 Å². The number of carboxylic acid groups (broad SMARTS) is 1. The molecule has 0 aliphatic carbocycles. The lowest BCUT2D eigenvalue weighted by Gasteiger charge is -2.14. The van der Waals surface area contributed by atoms with Gasteiger partial charge in [-0.2, -0.15) is 0 Å². The number of aryl methyl sites for hydroxylation is 1. The van der Waals surface area contributed by atoms with Gasteiger partial charge in [0.05, 0.1) is 0 Å². The van der Waals surface area contributed by atoms with Gasteiger partial charge in [-0.1, -0.05) is 24.6 Å². The maximum absolute atomic E-state index is 11.0. The van der Waals surface area contributed by atoms with Gasteiger partial charge in [0.1, 0.15) is 0 Å². The van der Waals surface area contributed by atoms with Crippen molar-refractivity contribution < 1.29 is 14.6 Å². The Kier molecular flexibility index (Phi) is 5.45. The average Bonchev–Trinajstić information content (AvgIpc) is 2.26. The Morgan fingerprint density at radius 3 is 2.76 bits per heavy atom. The number of aliphatic carboxylic acids is 1. The second-order valence-electron chi connectivity index (χ2n) is 3.97. The zero-order valence-corrected chi connectivity index (χ0v) is 10.8. The van der Waals surface area contributed by atoms with E-state index in [0.717, 1.165) is 17.5 Å². The fourth-order valence-corrected chi connectivity index (χ4v) is 1.79. The molecule has 4 heteroatoms. The van der Waals surface area contributed by atoms with Gasteiger partial charge in [0.2, 0.25) is 0 Å². The number of benzene rings is 1. The molecule has 0 spiro atoms. The van der Waals surface area contributed by atoms with E-state index >= 15 is 0 Å². The summed E-state index contributed by atoms with van der Waals surface area (Å²) >= 11 is 5.85. The largest absolute Gasteiger partial charge is 0.479 e. The molecule has 0 amide bonds. The molecule has 0 aliphatic rings. The van der Waals surface area contributed by atoms with Gasteiger partial charge in [0.15, 0.2) is 6.10 Å². The van der Waals surface area contributed by atoms with E-state index in [1.165, 1.54) is 0 Å². The first kappa shape index (κ1) is 14.0. The van der Waals surface area contributed by atoms with Crippen LogP contribution < -0.4 is 0 Å². The van der Waals surface area contributed by atoms with Gasteiger partial charge in [-0.15, -0.1) is 0 Å². The minimum absolute atomic E-state index is 0.373. The Morgan fingerprint density at radius 1 is 1.53 bits per heavy atom. The standard InChI is InChI=1S/C13H17ClO3/c1-3-6-17-12(13(15)16)8-10-4-5-11(14)7-9(10)2/h4-5,7,12H,3,6,8H2,1-2H3,(H,15,16)/t12-/m1/s1. The van der Waals surface area contributed by atoms with E-state index in [9.17, 15) is 4.79 Å². The summed E-state index contributed by atoms with van der Waals surface area (Å²) in [7, 11) is 0. The molecule has 1 aromatic carbocycles. The van der Waals surface area contributed by atoms with Crippen molar-refractivity contribution in [2.75, 3.05) is 6.61 Å². The molecular weight excluding hydrogens is 240 g/mol. The normalized spacial score (nSPS) is 12.4. The molecule has 17 heavy (non-hydrogen) atoms. The van der Waals surface area contributed by atoms with Crippen molar-refractivity contribution in [3.8, 4) is 0 Å². The number of rotatable bonds is 6. The summed E-state index contributed by atoms with van der Waals surface area (Å²) in [5, 5.41) is 9.72. The minimum Gasteiger partial charge on any atom is -0.479 e. The third-order valence-electron chi connectivity index (χ3n) is 2.51. The van der Waals surface area contributed by atoms with Gasteiger partial charge in [0, 0.05) is 18.1 Å². The fourth-order valence-electron chi connectivity index (χ4n) is 1.57. The topological polar surface area (TPSA) is 46.5 Å². The summed E-state index contributed by atoms with van der Waals surface area (Å²) < 4.78 is 5.31. The number of hydrogen-bond acceptors (Lipinski definition) is 2. The first-order valence-corrected chi connectivity index (χ1v) is 6.01. The smallest absolute Gasteiger partial charge is 0.333 e. The molecular formula is C13H17ClO3. The van der Waals surface area contributed by atoms with Crippen molar-refractivity contribution in [1.82, 2.24) is 0 Å². The molecule has 0 saturated heterocycles. The Labute approximate surface area is 106 Å². The van der Waals surface area contributed by atoms with Crippen LogP contribution >= 0.6 is 11.6 Å². The third-order valence-corrected chi connectivity index (χ3v) is 2.74. The van der Waals surface area contributed by atoms with Gasteiger partial charge in [-0.25, -0.2) is 4.79 Å². The molecule has 94 valence electrons. The number of carboxylic acids is 1. The van der Waals surface area contributed by atoms with Crippen LogP contribution in [0.4, 0.5) is 0 Å². The molecule has 0 bridgehead atoms. The van der Waals surface area contributed by atoms with Crippen molar-refractivity contribution >= 4 is 17.6 Å². The summed E-state index contributed by atoms with van der Waals surface area (Å²) in [6, 6.07) is 5.45. The van der Waals surface area contributed by atoms with E-state index in [2.05, 4.69) is 0 Å². The second-order valence-corrected chi connectivity index (χ2v) is 4.41. The molecule has 0 radical (unpaired) electrons. The maximum atomic E-state index is 11.0. The number of halogens is 1. The molecule has 0 aromatic heterocycles. The van der Waals surface area contributed by atoms with E-state index in [1.807, 2.05) is 26.0 Å². The monoisotopic (exact) mass is 256 g/mol. The first-order chi connectivity index (χ1) is 8.04. The lowest BCUT2D eigenvalue weighted by molar-refractivity contribution is -0.150. The van der Waals surface area contributed by atoms with E-state index in [4.69, 9.17) is 21.4 Å². The molecule has 0 unspecified atom stereocenters. The number of hydrogen-bond donors (Lipinski definition) is 1. The first-order valence-electron chi connectivity index (χ1n) is 5.64. The molecule has 1 N–H and O–H groups in total. The van der Waals surface area contributed by atoms with Crippen LogP contribution in [0.2, 0.25) is 5.02 Å². The van der Waals surface area contributed by atoms with Crippen LogP contribution in [0.1, 0.15) is 24.5 Å². The Morgan fingerprint density at radius 2 is 2.24 bits per heavy atom. The van der Waals surface area contributed by atoms with E-state index in [1.54, 1.807) is 6.07 Å². The van der Waals surface area contributed by atoms with Crippen molar-refractivity contribution in [1.29, 1.82) is 0 Å². The zero-order chi connectivity index (χ0) is 12.8. The van der Waals surface area contributed by atoms with Crippen molar-refractivity contribution in [3.05, 3.63) is 34.3 Å². The predicted octanol–water partition coefficient (Wildman–Crippen LogP) is 3.07. The average molecular weight is 257 g/mol. The number of carbonyl (C=O) groups is 1. The van der Waals surface area contributed by atoms with Crippen LogP contribution in [0.3, 0.4) is 0 Å². The van der Waals surface area contributed by atoms with Crippen LogP contribution in [-0.2, 0) is 16.0 Å². The Hall–Kier alpha value is -1.06. The van der Waals surface area contributed by atoms with Gasteiger partial charge in [-0.3, -0.25) is 0 Å². The molecule has 1 rings (SSSR count). The van der Waals surface area contributed by atoms with Crippen molar-refractivity contribution in [2.24, 2.45) is 0 Å². The molecule has 1 atom stereocenters. The number of ether oxygens (including phenoxy) is 1. The highest BCUT2D eigenvalue weighted by Gasteiger charge is 2.19. The molecule has 3 nitrogen and oxygen atoms in total. The Bertz CT molecular complexity index is 390. The van der Waals surface area contributed by atoms with Gasteiger partial charge >= 0.3 is 5.97 Å². The van der Waals surface area contributed by atoms with E-state index in [0.29, 0.717) is 18.1 Å². The highest BCUT2D eigenvalue weighted by atomic mass is 35.5. The maximum Gasteiger partial charge on any atom is 0.333 e. The van der Waals surface area contributed by atoms with Gasteiger partial charge in [0.25, 0.3) is 0 Å². The van der Waals surface area contributed by atoms with Crippen molar-refractivity contribution in [2.45, 2.75) is 32.8 Å². The lowest BCUT2D eigenvalue weighted by Crippen LogP contribution is -2.27. The van der Waals surface area contributed by atoms with E-state index < -0.39 is 12.1 Å². The van der Waals surface area contributed by atoms with Gasteiger partial charge in [-0.05, 0) is 36.6 Å². The SMILES string of the molecule is CCCO[C@H](Cc1ccc(Cl)cc1C)C(=O)O. The summed E-state index contributed by atoms with van der Waals surface area (Å²) in [5.74, 6) is -0.923. The predicted molar refractivity (Wildman–Crippen MR) is 67.6 cm³/mol. The molecule has 1 aromatic rings. The highest BCUT2D eigenvalue weighted by Crippen LogP contribution is 2.17. The summed E-state index contributed by atoms with van der Waals surface area (Å²) in [4.78, 5) is 11.0. The van der Waals surface area contributed by atoms with E-state index in [-0.39, 0.29) is 0 Å². The summed E-state index contributed by atoms with van der Waals surface area (Å²) in [5.41, 5.74) is 1.95. The highest BCUT2D eigenvalue weighted by molar-refractivity contribution is 6.30. The van der Waals surface area contributed by atoms with Crippen LogP contribution in [0.15, 0.2) is 18.2 Å². The molecule has 0 aliphatic heterocycles. The van der Waals surface area contributed by atoms with Crippen LogP contribution in [-0.4, -0.2) is 23.8 Å². The minimum atomic E-state index is -0.923. The third kappa shape index (κ3) is 4.36. The second kappa shape index (κ2) is 6.62. The van der Waals surface area contributed by atoms with Crippen LogP contribution in [0, 0.1) is 6.92 Å². The Balaban J connectivity index is 2.75. The lowest BCUT2D eigenvalue weighted by atomic mass is 10.0. The van der Waals surface area contributed by atoms with Crippen molar-refractivity contribution in [3.63, 3.8) is 0 Å². The molecule has 0 heterocycles. The van der Waals surface area contributed by atoms with Gasteiger partial charge < -0.3 is 9.84 Å². The zero-order valence-electron chi connectivity index (χ0n) is 10.1. The van der Waals surface area contributed by atoms with Crippen LogP contribution in [0.25, 0.3) is 0 Å². The molecule has 0 fully saturated rings. The summed E-state index contributed by atoms with van der Waals surface area (Å²) in [6.07, 6.45) is 0.400.